The molecule has 0 saturated carbocycles. The van der Waals surface area contributed by atoms with E-state index in [-0.39, 0.29) is 17.8 Å². The molecule has 0 bridgehead atoms. The fraction of sp³-hybridized carbons (Fsp3) is 0.0667. The van der Waals surface area contributed by atoms with Gasteiger partial charge in [0.25, 0.3) is 5.56 Å². The van der Waals surface area contributed by atoms with Crippen molar-refractivity contribution < 1.29 is 8.78 Å². The molecule has 0 amide bonds. The van der Waals surface area contributed by atoms with Crippen molar-refractivity contribution in [2.45, 2.75) is 6.54 Å². The molecule has 112 valence electrons. The van der Waals surface area contributed by atoms with Crippen LogP contribution in [0.4, 0.5) is 8.78 Å². The molecule has 0 fully saturated rings. The quantitative estimate of drug-likeness (QED) is 0.667. The van der Waals surface area contributed by atoms with Gasteiger partial charge in [0, 0.05) is 18.0 Å². The number of rotatable bonds is 3. The van der Waals surface area contributed by atoms with E-state index in [1.807, 2.05) is 0 Å². The van der Waals surface area contributed by atoms with E-state index in [4.69, 9.17) is 0 Å². The zero-order chi connectivity index (χ0) is 15.9. The number of hydrogen-bond donors (Lipinski definition) is 0. The van der Waals surface area contributed by atoms with Crippen LogP contribution in [0.5, 0.6) is 0 Å². The first kappa shape index (κ1) is 14.6. The summed E-state index contributed by atoms with van der Waals surface area (Å²) in [6.45, 7) is 3.86. The van der Waals surface area contributed by atoms with Crippen molar-refractivity contribution in [1.29, 1.82) is 0 Å². The minimum Gasteiger partial charge on any atom is -0.288 e. The summed E-state index contributed by atoms with van der Waals surface area (Å²) in [6, 6.07) is 4.81. The Morgan fingerprint density at radius 1 is 1.32 bits per heavy atom. The molecule has 0 N–H and O–H groups in total. The fourth-order valence-corrected chi connectivity index (χ4v) is 2.74. The number of aromatic nitrogens is 3. The maximum absolute atomic E-state index is 14.0. The second-order valence-electron chi connectivity index (χ2n) is 4.63. The van der Waals surface area contributed by atoms with E-state index in [1.165, 1.54) is 21.5 Å². The molecule has 0 unspecified atom stereocenters. The summed E-state index contributed by atoms with van der Waals surface area (Å²) >= 11 is 3.20. The minimum atomic E-state index is -0.759. The number of hydrogen-bond acceptors (Lipinski definition) is 2. The van der Waals surface area contributed by atoms with Gasteiger partial charge < -0.3 is 0 Å². The highest BCUT2D eigenvalue weighted by Crippen LogP contribution is 2.22. The van der Waals surface area contributed by atoms with Gasteiger partial charge in [0.05, 0.1) is 10.7 Å². The van der Waals surface area contributed by atoms with Gasteiger partial charge in [-0.25, -0.2) is 13.5 Å². The van der Waals surface area contributed by atoms with Crippen molar-refractivity contribution in [3.8, 4) is 5.69 Å². The van der Waals surface area contributed by atoms with Crippen molar-refractivity contribution in [2.75, 3.05) is 0 Å². The Bertz CT molecular complexity index is 946. The Hall–Kier alpha value is -2.28. The first-order valence-corrected chi connectivity index (χ1v) is 7.15. The highest BCUT2D eigenvalue weighted by atomic mass is 79.9. The molecule has 0 atom stereocenters. The van der Waals surface area contributed by atoms with Crippen LogP contribution >= 0.6 is 15.9 Å². The number of benzene rings is 1. The van der Waals surface area contributed by atoms with Crippen LogP contribution in [0.15, 0.2) is 52.4 Å². The summed E-state index contributed by atoms with van der Waals surface area (Å²) in [5, 5.41) is 4.77. The maximum atomic E-state index is 14.0. The minimum absolute atomic E-state index is 0.0657. The molecule has 0 saturated heterocycles. The molecule has 0 spiro atoms. The van der Waals surface area contributed by atoms with E-state index in [1.54, 1.807) is 12.1 Å². The second kappa shape index (κ2) is 5.49. The lowest BCUT2D eigenvalue weighted by Gasteiger charge is -2.10. The summed E-state index contributed by atoms with van der Waals surface area (Å²) in [5.74, 6) is -1.44. The SMILES string of the molecule is C=CCn1c(=O)c(Br)cc2cnn(-c3ccc(F)cc3F)c21. The molecule has 0 radical (unpaired) electrons. The normalized spacial score (nSPS) is 11.0. The van der Waals surface area contributed by atoms with Crippen LogP contribution in [0.2, 0.25) is 0 Å². The van der Waals surface area contributed by atoms with Crippen LogP contribution in [0.1, 0.15) is 0 Å². The van der Waals surface area contributed by atoms with E-state index in [9.17, 15) is 13.6 Å². The lowest BCUT2D eigenvalue weighted by atomic mass is 10.3. The number of fused-ring (bicyclic) bond motifs is 1. The number of halogens is 3. The second-order valence-corrected chi connectivity index (χ2v) is 5.48. The zero-order valence-electron chi connectivity index (χ0n) is 11.3. The first-order chi connectivity index (χ1) is 10.5. The van der Waals surface area contributed by atoms with Gasteiger partial charge in [0.2, 0.25) is 0 Å². The van der Waals surface area contributed by atoms with Gasteiger partial charge in [-0.2, -0.15) is 5.10 Å². The van der Waals surface area contributed by atoms with E-state index in [0.29, 0.717) is 15.5 Å². The van der Waals surface area contributed by atoms with Gasteiger partial charge in [-0.05, 0) is 34.1 Å². The van der Waals surface area contributed by atoms with Gasteiger partial charge in [0.1, 0.15) is 17.2 Å². The van der Waals surface area contributed by atoms with Crippen LogP contribution in [-0.4, -0.2) is 14.3 Å². The van der Waals surface area contributed by atoms with Crippen molar-refractivity contribution in [3.63, 3.8) is 0 Å². The highest BCUT2D eigenvalue weighted by molar-refractivity contribution is 9.10. The summed E-state index contributed by atoms with van der Waals surface area (Å²) in [4.78, 5) is 12.3. The molecule has 1 aromatic carbocycles. The summed E-state index contributed by atoms with van der Waals surface area (Å²) < 4.78 is 30.2. The molecule has 0 aliphatic heterocycles. The van der Waals surface area contributed by atoms with Crippen LogP contribution in [0.25, 0.3) is 16.7 Å². The molecule has 3 aromatic rings. The molecular weight excluding hydrogens is 356 g/mol. The van der Waals surface area contributed by atoms with Crippen LogP contribution < -0.4 is 5.56 Å². The van der Waals surface area contributed by atoms with Crippen molar-refractivity contribution in [1.82, 2.24) is 14.3 Å². The molecule has 4 nitrogen and oxygen atoms in total. The third-order valence-electron chi connectivity index (χ3n) is 3.21. The summed E-state index contributed by atoms with van der Waals surface area (Å²) in [7, 11) is 0. The molecule has 2 heterocycles. The monoisotopic (exact) mass is 365 g/mol. The average Bonchev–Trinajstić information content (AvgIpc) is 2.87. The number of pyridine rings is 1. The number of nitrogens with zero attached hydrogens (tertiary/aromatic N) is 3. The molecular formula is C15H10BrF2N3O. The largest absolute Gasteiger partial charge is 0.288 e. The predicted octanol–water partition coefficient (Wildman–Crippen LogP) is 3.41. The van der Waals surface area contributed by atoms with E-state index in [0.717, 1.165) is 12.1 Å². The summed E-state index contributed by atoms with van der Waals surface area (Å²) in [6.07, 6.45) is 3.08. The van der Waals surface area contributed by atoms with E-state index in [2.05, 4.69) is 27.6 Å². The average molecular weight is 366 g/mol. The van der Waals surface area contributed by atoms with Crippen LogP contribution in [0, 0.1) is 11.6 Å². The highest BCUT2D eigenvalue weighted by Gasteiger charge is 2.15. The van der Waals surface area contributed by atoms with Crippen LogP contribution in [-0.2, 0) is 6.54 Å². The molecule has 2 aromatic heterocycles. The van der Waals surface area contributed by atoms with Gasteiger partial charge in [-0.3, -0.25) is 9.36 Å². The van der Waals surface area contributed by atoms with E-state index >= 15 is 0 Å². The third-order valence-corrected chi connectivity index (χ3v) is 3.78. The van der Waals surface area contributed by atoms with Crippen molar-refractivity contribution >= 4 is 27.0 Å². The molecule has 0 aliphatic rings. The molecule has 7 heteroatoms. The van der Waals surface area contributed by atoms with Gasteiger partial charge in [-0.1, -0.05) is 6.08 Å². The molecule has 0 aliphatic carbocycles. The standard InChI is InChI=1S/C15H10BrF2N3O/c1-2-5-20-14-9(6-11(16)15(20)22)8-19-21(14)13-4-3-10(17)7-12(13)18/h2-4,6-8H,1,5H2. The Kier molecular flexibility index (Phi) is 3.66. The number of allylic oxidation sites excluding steroid dienone is 1. The lowest BCUT2D eigenvalue weighted by Crippen LogP contribution is -2.22. The van der Waals surface area contributed by atoms with Crippen LogP contribution in [0.3, 0.4) is 0 Å². The Labute approximate surface area is 132 Å². The molecule has 22 heavy (non-hydrogen) atoms. The molecule has 3 rings (SSSR count). The predicted molar refractivity (Wildman–Crippen MR) is 83.1 cm³/mol. The Morgan fingerprint density at radius 3 is 2.77 bits per heavy atom. The Morgan fingerprint density at radius 2 is 2.09 bits per heavy atom. The van der Waals surface area contributed by atoms with Crippen molar-refractivity contribution in [3.05, 3.63) is 69.6 Å². The van der Waals surface area contributed by atoms with Crippen molar-refractivity contribution in [2.24, 2.45) is 0 Å². The summed E-state index contributed by atoms with van der Waals surface area (Å²) in [5.41, 5.74) is 0.200. The maximum Gasteiger partial charge on any atom is 0.266 e. The first-order valence-electron chi connectivity index (χ1n) is 6.36. The topological polar surface area (TPSA) is 39.8 Å². The fourth-order valence-electron chi connectivity index (χ4n) is 2.28. The van der Waals surface area contributed by atoms with E-state index < -0.39 is 11.6 Å². The zero-order valence-corrected chi connectivity index (χ0v) is 12.8. The third kappa shape index (κ3) is 2.27. The lowest BCUT2D eigenvalue weighted by molar-refractivity contribution is 0.573. The van der Waals surface area contributed by atoms with Gasteiger partial charge in [-0.15, -0.1) is 6.58 Å². The Balaban J connectivity index is 2.38. The van der Waals surface area contributed by atoms with Gasteiger partial charge in [0.15, 0.2) is 5.82 Å². The van der Waals surface area contributed by atoms with Gasteiger partial charge >= 0.3 is 0 Å². The smallest absolute Gasteiger partial charge is 0.266 e.